The monoisotopic (exact) mass is 502 g/mol. The van der Waals surface area contributed by atoms with E-state index in [4.69, 9.17) is 4.42 Å². The molecule has 2 amide bonds. The fraction of sp³-hybridized carbons (Fsp3) is 0.448. The lowest BCUT2D eigenvalue weighted by atomic mass is 9.74. The van der Waals surface area contributed by atoms with Crippen LogP contribution in [0.3, 0.4) is 0 Å². The molecule has 2 aromatic carbocycles. The highest BCUT2D eigenvalue weighted by Crippen LogP contribution is 2.36. The summed E-state index contributed by atoms with van der Waals surface area (Å²) >= 11 is 0. The van der Waals surface area contributed by atoms with Crippen LogP contribution in [0.1, 0.15) is 74.9 Å². The number of benzene rings is 2. The number of hydrogen-bond acceptors (Lipinski definition) is 5. The lowest BCUT2D eigenvalue weighted by Gasteiger charge is -2.46. The summed E-state index contributed by atoms with van der Waals surface area (Å²) in [5, 5.41) is 22.1. The van der Waals surface area contributed by atoms with Crippen molar-refractivity contribution in [2.24, 2.45) is 11.3 Å². The fourth-order valence-corrected chi connectivity index (χ4v) is 5.44. The Bertz CT molecular complexity index is 1350. The molecule has 1 saturated heterocycles. The summed E-state index contributed by atoms with van der Waals surface area (Å²) in [6.45, 7) is 11.2. The average Bonchev–Trinajstić information content (AvgIpc) is 3.29. The highest BCUT2D eigenvalue weighted by molar-refractivity contribution is 5.94. The molecule has 1 aliphatic heterocycles. The van der Waals surface area contributed by atoms with Gasteiger partial charge in [-0.15, -0.1) is 0 Å². The molecule has 2 atom stereocenters. The lowest BCUT2D eigenvalue weighted by molar-refractivity contribution is 0.0231. The van der Waals surface area contributed by atoms with Crippen molar-refractivity contribution in [2.45, 2.75) is 59.4 Å². The van der Waals surface area contributed by atoms with Crippen LogP contribution in [0.25, 0.3) is 22.6 Å². The number of carboxylic acid groups (broad SMARTS) is 1. The predicted molar refractivity (Wildman–Crippen MR) is 141 cm³/mol. The van der Waals surface area contributed by atoms with Crippen LogP contribution in [-0.2, 0) is 0 Å². The molecule has 0 aliphatic carbocycles. The number of nitriles is 1. The van der Waals surface area contributed by atoms with Gasteiger partial charge in [0, 0.05) is 35.8 Å². The first kappa shape index (κ1) is 26.2. The molecule has 8 heteroatoms. The minimum absolute atomic E-state index is 0.0428. The molecule has 2 heterocycles. The number of hydrogen-bond donors (Lipinski definition) is 2. The number of piperidine rings is 1. The van der Waals surface area contributed by atoms with Crippen molar-refractivity contribution >= 4 is 23.1 Å². The highest BCUT2D eigenvalue weighted by Gasteiger charge is 2.41. The number of oxazole rings is 1. The molecule has 0 saturated carbocycles. The number of carbonyl (C=O) groups is 2. The number of rotatable bonds is 5. The van der Waals surface area contributed by atoms with Crippen LogP contribution < -0.4 is 5.32 Å². The molecule has 0 bridgehead atoms. The van der Waals surface area contributed by atoms with Crippen molar-refractivity contribution in [3.05, 3.63) is 53.1 Å². The zero-order chi connectivity index (χ0) is 26.9. The molecule has 2 N–H and O–H groups in total. The first-order valence-corrected chi connectivity index (χ1v) is 12.7. The van der Waals surface area contributed by atoms with Crippen LogP contribution in [0.5, 0.6) is 0 Å². The van der Waals surface area contributed by atoms with Gasteiger partial charge in [0.1, 0.15) is 5.52 Å². The maximum atomic E-state index is 12.9. The van der Waals surface area contributed by atoms with Gasteiger partial charge in [-0.2, -0.15) is 5.26 Å². The number of fused-ring (bicyclic) bond motifs is 1. The standard InChI is InChI=1S/C29H34N4O4/c1-17(2)22-13-18(15-30)14-23-24(22)37-27(32-23)20-10-8-19(9-11-20)26(34)31-16-21-7-6-12-33(28(35)36)25(21)29(3,4)5/h8-11,13-14,17,21,25H,6-7,12,16H2,1-5H3,(H,31,34)(H,35,36)/t21-,25?/m1/s1. The second-order valence-electron chi connectivity index (χ2n) is 11.2. The van der Waals surface area contributed by atoms with Gasteiger partial charge in [-0.25, -0.2) is 9.78 Å². The number of amides is 2. The molecule has 8 nitrogen and oxygen atoms in total. The van der Waals surface area contributed by atoms with Crippen molar-refractivity contribution < 1.29 is 19.1 Å². The Morgan fingerprint density at radius 1 is 1.24 bits per heavy atom. The summed E-state index contributed by atoms with van der Waals surface area (Å²) in [5.74, 6) is 0.446. The largest absolute Gasteiger partial charge is 0.465 e. The molecule has 1 unspecified atom stereocenters. The van der Waals surface area contributed by atoms with Gasteiger partial charge in [-0.1, -0.05) is 34.6 Å². The van der Waals surface area contributed by atoms with Crippen LogP contribution in [0.15, 0.2) is 40.8 Å². The molecular formula is C29H34N4O4. The number of likely N-dealkylation sites (tertiary alicyclic amines) is 1. The van der Waals surface area contributed by atoms with E-state index in [2.05, 4.69) is 16.4 Å². The van der Waals surface area contributed by atoms with Crippen LogP contribution in [-0.4, -0.2) is 46.1 Å². The predicted octanol–water partition coefficient (Wildman–Crippen LogP) is 6.02. The van der Waals surface area contributed by atoms with Crippen LogP contribution in [0, 0.1) is 22.7 Å². The summed E-state index contributed by atoms with van der Waals surface area (Å²) in [6.07, 6.45) is 0.747. The van der Waals surface area contributed by atoms with Crippen molar-refractivity contribution in [2.75, 3.05) is 13.1 Å². The molecule has 1 aromatic heterocycles. The Morgan fingerprint density at radius 2 is 1.95 bits per heavy atom. The highest BCUT2D eigenvalue weighted by atomic mass is 16.4. The molecule has 3 aromatic rings. The van der Waals surface area contributed by atoms with Gasteiger partial charge in [0.25, 0.3) is 5.91 Å². The fourth-order valence-electron chi connectivity index (χ4n) is 5.44. The summed E-state index contributed by atoms with van der Waals surface area (Å²) in [5.41, 5.74) is 3.78. The zero-order valence-electron chi connectivity index (χ0n) is 22.0. The van der Waals surface area contributed by atoms with Gasteiger partial charge < -0.3 is 19.7 Å². The van der Waals surface area contributed by atoms with Gasteiger partial charge in [0.05, 0.1) is 11.6 Å². The van der Waals surface area contributed by atoms with Crippen molar-refractivity contribution in [1.29, 1.82) is 5.26 Å². The van der Waals surface area contributed by atoms with Crippen molar-refractivity contribution in [3.8, 4) is 17.5 Å². The Balaban J connectivity index is 1.49. The third kappa shape index (κ3) is 5.46. The number of nitrogens with one attached hydrogen (secondary N) is 1. The molecule has 1 fully saturated rings. The molecule has 4 rings (SSSR count). The second kappa shape index (κ2) is 10.3. The molecular weight excluding hydrogens is 468 g/mol. The van der Waals surface area contributed by atoms with E-state index in [0.29, 0.717) is 41.2 Å². The van der Waals surface area contributed by atoms with E-state index < -0.39 is 6.09 Å². The van der Waals surface area contributed by atoms with Crippen molar-refractivity contribution in [1.82, 2.24) is 15.2 Å². The lowest BCUT2D eigenvalue weighted by Crippen LogP contribution is -2.56. The Kier molecular flexibility index (Phi) is 7.26. The van der Waals surface area contributed by atoms with Crippen LogP contribution in [0.4, 0.5) is 4.79 Å². The number of nitrogens with zero attached hydrogens (tertiary/aromatic N) is 3. The topological polar surface area (TPSA) is 119 Å². The van der Waals surface area contributed by atoms with E-state index in [0.717, 1.165) is 24.0 Å². The first-order chi connectivity index (χ1) is 17.5. The Hall–Kier alpha value is -3.86. The van der Waals surface area contributed by atoms with Gasteiger partial charge >= 0.3 is 6.09 Å². The van der Waals surface area contributed by atoms with E-state index in [1.807, 2.05) is 40.7 Å². The van der Waals surface area contributed by atoms with E-state index in [-0.39, 0.29) is 29.2 Å². The summed E-state index contributed by atoms with van der Waals surface area (Å²) in [7, 11) is 0. The van der Waals surface area contributed by atoms with Crippen LogP contribution in [0.2, 0.25) is 0 Å². The van der Waals surface area contributed by atoms with E-state index in [1.54, 1.807) is 30.3 Å². The van der Waals surface area contributed by atoms with Gasteiger partial charge in [-0.3, -0.25) is 4.79 Å². The Labute approximate surface area is 217 Å². The average molecular weight is 503 g/mol. The first-order valence-electron chi connectivity index (χ1n) is 12.7. The number of aromatic nitrogens is 1. The molecule has 194 valence electrons. The third-order valence-electron chi connectivity index (χ3n) is 7.08. The van der Waals surface area contributed by atoms with Gasteiger partial charge in [0.15, 0.2) is 5.58 Å². The minimum Gasteiger partial charge on any atom is -0.465 e. The maximum absolute atomic E-state index is 12.9. The van der Waals surface area contributed by atoms with E-state index in [1.165, 1.54) is 4.90 Å². The third-order valence-corrected chi connectivity index (χ3v) is 7.08. The summed E-state index contributed by atoms with van der Waals surface area (Å²) in [4.78, 5) is 30.9. The smallest absolute Gasteiger partial charge is 0.407 e. The summed E-state index contributed by atoms with van der Waals surface area (Å²) in [6, 6.07) is 12.6. The Morgan fingerprint density at radius 3 is 2.54 bits per heavy atom. The van der Waals surface area contributed by atoms with E-state index in [9.17, 15) is 20.0 Å². The quantitative estimate of drug-likeness (QED) is 0.440. The minimum atomic E-state index is -0.907. The summed E-state index contributed by atoms with van der Waals surface area (Å²) < 4.78 is 6.07. The van der Waals surface area contributed by atoms with E-state index >= 15 is 0 Å². The van der Waals surface area contributed by atoms with Crippen LogP contribution >= 0.6 is 0 Å². The SMILES string of the molecule is CC(C)c1cc(C#N)cc2nc(-c3ccc(C(=O)NC[C@H]4CCCN(C(=O)O)C4C(C)(C)C)cc3)oc12. The van der Waals surface area contributed by atoms with Gasteiger partial charge in [-0.05, 0) is 66.5 Å². The van der Waals surface area contributed by atoms with Gasteiger partial charge in [0.2, 0.25) is 5.89 Å². The molecule has 1 aliphatic rings. The second-order valence-corrected chi connectivity index (χ2v) is 11.2. The maximum Gasteiger partial charge on any atom is 0.407 e. The van der Waals surface area contributed by atoms with Crippen molar-refractivity contribution in [3.63, 3.8) is 0 Å². The molecule has 0 spiro atoms. The molecule has 37 heavy (non-hydrogen) atoms. The normalized spacial score (nSPS) is 18.1. The zero-order valence-corrected chi connectivity index (χ0v) is 22.0. The molecule has 0 radical (unpaired) electrons. The number of carbonyl (C=O) groups excluding carboxylic acids is 1.